The fourth-order valence-electron chi connectivity index (χ4n) is 2.20. The van der Waals surface area contributed by atoms with Crippen LogP contribution in [0.2, 0.25) is 0 Å². The standard InChI is InChI=1S/C16H16F3N/c1-3-20-16(11-7-8-13(17)10(2)9-11)12-5-4-6-14(18)15(12)19/h4-9,16,20H,3H2,1-2H3. The Morgan fingerprint density at radius 3 is 2.45 bits per heavy atom. The van der Waals surface area contributed by atoms with Crippen molar-refractivity contribution in [2.45, 2.75) is 19.9 Å². The van der Waals surface area contributed by atoms with Gasteiger partial charge in [0.25, 0.3) is 0 Å². The highest BCUT2D eigenvalue weighted by Crippen LogP contribution is 2.26. The van der Waals surface area contributed by atoms with Gasteiger partial charge in [-0.2, -0.15) is 0 Å². The Labute approximate surface area is 116 Å². The van der Waals surface area contributed by atoms with E-state index in [2.05, 4.69) is 5.32 Å². The molecule has 0 aliphatic carbocycles. The first-order valence-corrected chi connectivity index (χ1v) is 6.48. The molecule has 1 nitrogen and oxygen atoms in total. The summed E-state index contributed by atoms with van der Waals surface area (Å²) in [7, 11) is 0. The number of nitrogens with one attached hydrogen (secondary N) is 1. The zero-order chi connectivity index (χ0) is 14.7. The zero-order valence-corrected chi connectivity index (χ0v) is 11.4. The Hall–Kier alpha value is -1.81. The van der Waals surface area contributed by atoms with Gasteiger partial charge in [0.1, 0.15) is 5.82 Å². The molecule has 20 heavy (non-hydrogen) atoms. The monoisotopic (exact) mass is 279 g/mol. The minimum atomic E-state index is -0.885. The van der Waals surface area contributed by atoms with Gasteiger partial charge < -0.3 is 5.32 Å². The number of rotatable bonds is 4. The topological polar surface area (TPSA) is 12.0 Å². The molecule has 2 aromatic carbocycles. The second kappa shape index (κ2) is 6.09. The maximum Gasteiger partial charge on any atom is 0.163 e. The van der Waals surface area contributed by atoms with E-state index in [1.807, 2.05) is 6.92 Å². The van der Waals surface area contributed by atoms with Crippen LogP contribution in [0.1, 0.15) is 29.7 Å². The predicted octanol–water partition coefficient (Wildman–Crippen LogP) is 4.11. The number of aryl methyl sites for hydroxylation is 1. The molecule has 0 amide bonds. The van der Waals surface area contributed by atoms with Crippen LogP contribution in [-0.4, -0.2) is 6.54 Å². The van der Waals surface area contributed by atoms with Gasteiger partial charge in [0.2, 0.25) is 0 Å². The smallest absolute Gasteiger partial charge is 0.163 e. The molecule has 0 aliphatic rings. The molecule has 2 rings (SSSR count). The number of hydrogen-bond donors (Lipinski definition) is 1. The molecule has 1 N–H and O–H groups in total. The average Bonchev–Trinajstić information content (AvgIpc) is 2.43. The highest BCUT2D eigenvalue weighted by Gasteiger charge is 2.19. The molecule has 0 aromatic heterocycles. The summed E-state index contributed by atoms with van der Waals surface area (Å²) in [5.41, 5.74) is 1.40. The van der Waals surface area contributed by atoms with Crippen molar-refractivity contribution in [2.75, 3.05) is 6.54 Å². The SMILES string of the molecule is CCNC(c1ccc(F)c(C)c1)c1cccc(F)c1F. The number of halogens is 3. The van der Waals surface area contributed by atoms with Crippen LogP contribution in [0.3, 0.4) is 0 Å². The van der Waals surface area contributed by atoms with E-state index in [9.17, 15) is 13.2 Å². The molecule has 0 fully saturated rings. The summed E-state index contributed by atoms with van der Waals surface area (Å²) >= 11 is 0. The van der Waals surface area contributed by atoms with E-state index in [0.29, 0.717) is 17.7 Å². The van der Waals surface area contributed by atoms with E-state index in [1.54, 1.807) is 19.1 Å². The lowest BCUT2D eigenvalue weighted by molar-refractivity contribution is 0.483. The van der Waals surface area contributed by atoms with Crippen LogP contribution < -0.4 is 5.32 Å². The van der Waals surface area contributed by atoms with Gasteiger partial charge in [-0.15, -0.1) is 0 Å². The first-order chi connectivity index (χ1) is 9.54. The Morgan fingerprint density at radius 2 is 1.80 bits per heavy atom. The Bertz CT molecular complexity index is 611. The van der Waals surface area contributed by atoms with Crippen molar-refractivity contribution in [2.24, 2.45) is 0 Å². The van der Waals surface area contributed by atoms with Crippen LogP contribution in [0.5, 0.6) is 0 Å². The Kier molecular flexibility index (Phi) is 4.45. The van der Waals surface area contributed by atoms with E-state index in [1.165, 1.54) is 18.2 Å². The first-order valence-electron chi connectivity index (χ1n) is 6.48. The summed E-state index contributed by atoms with van der Waals surface area (Å²) in [4.78, 5) is 0. The minimum Gasteiger partial charge on any atom is -0.306 e. The summed E-state index contributed by atoms with van der Waals surface area (Å²) < 4.78 is 40.7. The van der Waals surface area contributed by atoms with Crippen LogP contribution >= 0.6 is 0 Å². The van der Waals surface area contributed by atoms with Crippen LogP contribution in [0.4, 0.5) is 13.2 Å². The lowest BCUT2D eigenvalue weighted by Crippen LogP contribution is -2.23. The second-order valence-corrected chi connectivity index (χ2v) is 4.64. The van der Waals surface area contributed by atoms with Crippen molar-refractivity contribution in [1.29, 1.82) is 0 Å². The zero-order valence-electron chi connectivity index (χ0n) is 11.4. The molecule has 4 heteroatoms. The molecule has 0 aliphatic heterocycles. The average molecular weight is 279 g/mol. The maximum atomic E-state index is 14.0. The molecule has 0 bridgehead atoms. The van der Waals surface area contributed by atoms with Crippen molar-refractivity contribution in [3.05, 3.63) is 70.5 Å². The molecule has 0 saturated heterocycles. The molecule has 1 unspecified atom stereocenters. The largest absolute Gasteiger partial charge is 0.306 e. The van der Waals surface area contributed by atoms with Crippen LogP contribution in [0.15, 0.2) is 36.4 Å². The van der Waals surface area contributed by atoms with Gasteiger partial charge >= 0.3 is 0 Å². The molecule has 0 saturated carbocycles. The van der Waals surface area contributed by atoms with Gasteiger partial charge in [0.05, 0.1) is 6.04 Å². The molecule has 0 spiro atoms. The molecule has 0 heterocycles. The summed E-state index contributed by atoms with van der Waals surface area (Å²) in [5, 5.41) is 3.10. The van der Waals surface area contributed by atoms with Gasteiger partial charge in [0.15, 0.2) is 11.6 Å². The third-order valence-corrected chi connectivity index (χ3v) is 3.22. The van der Waals surface area contributed by atoms with E-state index >= 15 is 0 Å². The van der Waals surface area contributed by atoms with E-state index in [0.717, 1.165) is 6.07 Å². The summed E-state index contributed by atoms with van der Waals surface area (Å²) in [6.07, 6.45) is 0. The van der Waals surface area contributed by atoms with Crippen LogP contribution in [0.25, 0.3) is 0 Å². The summed E-state index contributed by atoms with van der Waals surface area (Å²) in [6.45, 7) is 4.10. The van der Waals surface area contributed by atoms with Crippen molar-refractivity contribution >= 4 is 0 Å². The fraction of sp³-hybridized carbons (Fsp3) is 0.250. The van der Waals surface area contributed by atoms with E-state index < -0.39 is 17.7 Å². The second-order valence-electron chi connectivity index (χ2n) is 4.64. The molecule has 1 atom stereocenters. The lowest BCUT2D eigenvalue weighted by atomic mass is 9.96. The highest BCUT2D eigenvalue weighted by molar-refractivity contribution is 5.35. The van der Waals surface area contributed by atoms with Crippen LogP contribution in [-0.2, 0) is 0 Å². The van der Waals surface area contributed by atoms with Gasteiger partial charge in [-0.05, 0) is 36.7 Å². The normalized spacial score (nSPS) is 12.4. The number of benzene rings is 2. The van der Waals surface area contributed by atoms with Crippen molar-refractivity contribution in [1.82, 2.24) is 5.32 Å². The molecule has 0 radical (unpaired) electrons. The quantitative estimate of drug-likeness (QED) is 0.888. The molecule has 106 valence electrons. The van der Waals surface area contributed by atoms with Gasteiger partial charge in [0, 0.05) is 5.56 Å². The van der Waals surface area contributed by atoms with E-state index in [-0.39, 0.29) is 11.4 Å². The minimum absolute atomic E-state index is 0.220. The maximum absolute atomic E-state index is 14.0. The summed E-state index contributed by atoms with van der Waals surface area (Å²) in [6, 6.07) is 8.14. The predicted molar refractivity (Wildman–Crippen MR) is 73.0 cm³/mol. The summed E-state index contributed by atoms with van der Waals surface area (Å²) in [5.74, 6) is -2.08. The molecular formula is C16H16F3N. The lowest BCUT2D eigenvalue weighted by Gasteiger charge is -2.20. The third-order valence-electron chi connectivity index (χ3n) is 3.22. The van der Waals surface area contributed by atoms with Gasteiger partial charge in [-0.1, -0.05) is 31.2 Å². The van der Waals surface area contributed by atoms with E-state index in [4.69, 9.17) is 0 Å². The van der Waals surface area contributed by atoms with Crippen molar-refractivity contribution < 1.29 is 13.2 Å². The van der Waals surface area contributed by atoms with Crippen LogP contribution in [0, 0.1) is 24.4 Å². The third kappa shape index (κ3) is 2.85. The highest BCUT2D eigenvalue weighted by atomic mass is 19.2. The Morgan fingerprint density at radius 1 is 1.05 bits per heavy atom. The van der Waals surface area contributed by atoms with Gasteiger partial charge in [-0.25, -0.2) is 13.2 Å². The van der Waals surface area contributed by atoms with Crippen molar-refractivity contribution in [3.8, 4) is 0 Å². The Balaban J connectivity index is 2.50. The molecular weight excluding hydrogens is 263 g/mol. The fourth-order valence-corrected chi connectivity index (χ4v) is 2.20. The molecule has 2 aromatic rings. The van der Waals surface area contributed by atoms with Crippen molar-refractivity contribution in [3.63, 3.8) is 0 Å². The number of hydrogen-bond acceptors (Lipinski definition) is 1. The van der Waals surface area contributed by atoms with Gasteiger partial charge in [-0.3, -0.25) is 0 Å². The first kappa shape index (κ1) is 14.6.